The minimum Gasteiger partial charge on any atom is -0.507 e. The Morgan fingerprint density at radius 3 is 2.41 bits per heavy atom. The second kappa shape index (κ2) is 7.44. The molecular formula is C15H20N2O5. The summed E-state index contributed by atoms with van der Waals surface area (Å²) in [6, 6.07) is 3.66. The molecule has 120 valence electrons. The number of urea groups is 1. The van der Waals surface area contributed by atoms with Gasteiger partial charge in [0.1, 0.15) is 11.3 Å². The van der Waals surface area contributed by atoms with E-state index in [4.69, 9.17) is 4.74 Å². The van der Waals surface area contributed by atoms with Crippen LogP contribution in [0, 0.1) is 6.92 Å². The number of ether oxygens (including phenoxy) is 1. The van der Waals surface area contributed by atoms with Crippen molar-refractivity contribution in [3.63, 3.8) is 0 Å². The van der Waals surface area contributed by atoms with Crippen LogP contribution in [0.1, 0.15) is 36.7 Å². The van der Waals surface area contributed by atoms with E-state index in [9.17, 15) is 19.5 Å². The molecule has 0 fully saturated rings. The van der Waals surface area contributed by atoms with Crippen LogP contribution in [0.4, 0.5) is 4.79 Å². The van der Waals surface area contributed by atoms with Crippen molar-refractivity contribution in [3.05, 3.63) is 29.3 Å². The number of carbonyl (C=O) groups excluding carboxylic acids is 3. The normalized spacial score (nSPS) is 11.7. The van der Waals surface area contributed by atoms with Gasteiger partial charge in [-0.3, -0.25) is 10.1 Å². The van der Waals surface area contributed by atoms with Crippen LogP contribution in [0.3, 0.4) is 0 Å². The van der Waals surface area contributed by atoms with Crippen LogP contribution in [0.15, 0.2) is 18.2 Å². The first kappa shape index (κ1) is 17.5. The Hall–Kier alpha value is -2.57. The van der Waals surface area contributed by atoms with Gasteiger partial charge in [-0.15, -0.1) is 0 Å². The first-order chi connectivity index (χ1) is 10.2. The summed E-state index contributed by atoms with van der Waals surface area (Å²) in [4.78, 5) is 35.1. The van der Waals surface area contributed by atoms with E-state index in [-0.39, 0.29) is 17.4 Å². The molecule has 0 heterocycles. The van der Waals surface area contributed by atoms with Crippen molar-refractivity contribution in [2.45, 2.75) is 39.8 Å². The second-order valence-corrected chi connectivity index (χ2v) is 5.19. The summed E-state index contributed by atoms with van der Waals surface area (Å²) in [5.41, 5.74) is 0.726. The van der Waals surface area contributed by atoms with Crippen molar-refractivity contribution < 1.29 is 24.2 Å². The summed E-state index contributed by atoms with van der Waals surface area (Å²) in [6.45, 7) is 6.58. The molecule has 3 N–H and O–H groups in total. The fourth-order valence-electron chi connectivity index (χ4n) is 1.60. The highest BCUT2D eigenvalue weighted by atomic mass is 16.5. The van der Waals surface area contributed by atoms with Crippen molar-refractivity contribution in [2.75, 3.05) is 0 Å². The van der Waals surface area contributed by atoms with E-state index in [1.165, 1.54) is 19.1 Å². The molecule has 1 aromatic rings. The summed E-state index contributed by atoms with van der Waals surface area (Å²) >= 11 is 0. The monoisotopic (exact) mass is 308 g/mol. The van der Waals surface area contributed by atoms with Gasteiger partial charge in [0.05, 0.1) is 0 Å². The maximum absolute atomic E-state index is 11.9. The maximum Gasteiger partial charge on any atom is 0.342 e. The fraction of sp³-hybridized carbons (Fsp3) is 0.400. The number of nitrogens with one attached hydrogen (secondary N) is 2. The smallest absolute Gasteiger partial charge is 0.342 e. The summed E-state index contributed by atoms with van der Waals surface area (Å²) in [5.74, 6) is -1.83. The third kappa shape index (κ3) is 5.08. The molecule has 1 rings (SSSR count). The average Bonchev–Trinajstić information content (AvgIpc) is 2.40. The van der Waals surface area contributed by atoms with Crippen LogP contribution >= 0.6 is 0 Å². The highest BCUT2D eigenvalue weighted by molar-refractivity contribution is 5.99. The van der Waals surface area contributed by atoms with E-state index in [0.717, 1.165) is 5.56 Å². The molecule has 0 saturated carbocycles. The number of aromatic hydroxyl groups is 1. The standard InChI is InChI=1S/C15H20N2O5/c1-8(2)16-15(21)17-13(19)10(4)22-14(20)11-7-9(3)5-6-12(11)18/h5-8,10,18H,1-4H3,(H2,16,17,19,21)/t10-/m1/s1. The molecule has 0 aliphatic carbocycles. The molecule has 3 amide bonds. The Morgan fingerprint density at radius 1 is 1.18 bits per heavy atom. The minimum atomic E-state index is -1.18. The third-order valence-corrected chi connectivity index (χ3v) is 2.68. The SMILES string of the molecule is Cc1ccc(O)c(C(=O)O[C@H](C)C(=O)NC(=O)NC(C)C)c1. The number of carbonyl (C=O) groups is 3. The van der Waals surface area contributed by atoms with Crippen LogP contribution in [-0.4, -0.2) is 35.2 Å². The number of benzene rings is 1. The van der Waals surface area contributed by atoms with Gasteiger partial charge in [0, 0.05) is 6.04 Å². The van der Waals surface area contributed by atoms with E-state index < -0.39 is 24.0 Å². The van der Waals surface area contributed by atoms with Crippen molar-refractivity contribution >= 4 is 17.9 Å². The molecule has 0 aliphatic rings. The molecule has 7 nitrogen and oxygen atoms in total. The Balaban J connectivity index is 2.65. The number of hydrogen-bond donors (Lipinski definition) is 3. The third-order valence-electron chi connectivity index (χ3n) is 2.68. The van der Waals surface area contributed by atoms with E-state index in [1.54, 1.807) is 26.8 Å². The molecule has 0 spiro atoms. The number of rotatable bonds is 4. The molecule has 1 atom stereocenters. The van der Waals surface area contributed by atoms with Crippen LogP contribution in [-0.2, 0) is 9.53 Å². The van der Waals surface area contributed by atoms with Crippen LogP contribution < -0.4 is 10.6 Å². The van der Waals surface area contributed by atoms with Crippen molar-refractivity contribution in [3.8, 4) is 5.75 Å². The molecule has 7 heteroatoms. The number of amides is 3. The molecule has 0 bridgehead atoms. The highest BCUT2D eigenvalue weighted by Crippen LogP contribution is 2.19. The Labute approximate surface area is 128 Å². The predicted octanol–water partition coefficient (Wildman–Crippen LogP) is 1.48. The van der Waals surface area contributed by atoms with Gasteiger partial charge in [0.2, 0.25) is 0 Å². The lowest BCUT2D eigenvalue weighted by atomic mass is 10.1. The lowest BCUT2D eigenvalue weighted by Crippen LogP contribution is -2.46. The van der Waals surface area contributed by atoms with E-state index in [1.807, 2.05) is 0 Å². The molecule has 0 radical (unpaired) electrons. The Bertz CT molecular complexity index is 583. The molecular weight excluding hydrogens is 288 g/mol. The topological polar surface area (TPSA) is 105 Å². The number of hydrogen-bond acceptors (Lipinski definition) is 5. The summed E-state index contributed by atoms with van der Waals surface area (Å²) in [5, 5.41) is 14.2. The van der Waals surface area contributed by atoms with Gasteiger partial charge < -0.3 is 15.2 Å². The zero-order chi connectivity index (χ0) is 16.9. The maximum atomic E-state index is 11.9. The second-order valence-electron chi connectivity index (χ2n) is 5.19. The van der Waals surface area contributed by atoms with Crippen molar-refractivity contribution in [2.24, 2.45) is 0 Å². The number of phenolic OH excluding ortho intramolecular Hbond substituents is 1. The Morgan fingerprint density at radius 2 is 1.82 bits per heavy atom. The molecule has 1 aromatic carbocycles. The summed E-state index contributed by atoms with van der Waals surface area (Å²) in [7, 11) is 0. The summed E-state index contributed by atoms with van der Waals surface area (Å²) < 4.78 is 4.95. The van der Waals surface area contributed by atoms with Gasteiger partial charge >= 0.3 is 12.0 Å². The van der Waals surface area contributed by atoms with E-state index in [0.29, 0.717) is 0 Å². The van der Waals surface area contributed by atoms with Gasteiger partial charge in [0.25, 0.3) is 5.91 Å². The molecule has 0 unspecified atom stereocenters. The molecule has 0 saturated heterocycles. The van der Waals surface area contributed by atoms with Gasteiger partial charge in [-0.1, -0.05) is 11.6 Å². The van der Waals surface area contributed by atoms with Crippen molar-refractivity contribution in [1.82, 2.24) is 10.6 Å². The largest absolute Gasteiger partial charge is 0.507 e. The predicted molar refractivity (Wildman–Crippen MR) is 79.5 cm³/mol. The first-order valence-electron chi connectivity index (χ1n) is 6.82. The zero-order valence-electron chi connectivity index (χ0n) is 13.0. The lowest BCUT2D eigenvalue weighted by molar-refractivity contribution is -0.127. The van der Waals surface area contributed by atoms with Crippen molar-refractivity contribution in [1.29, 1.82) is 0 Å². The first-order valence-corrected chi connectivity index (χ1v) is 6.82. The highest BCUT2D eigenvalue weighted by Gasteiger charge is 2.22. The van der Waals surface area contributed by atoms with Gasteiger partial charge in [-0.05, 0) is 39.8 Å². The zero-order valence-corrected chi connectivity index (χ0v) is 13.0. The fourth-order valence-corrected chi connectivity index (χ4v) is 1.60. The van der Waals surface area contributed by atoms with Crippen LogP contribution in [0.2, 0.25) is 0 Å². The molecule has 22 heavy (non-hydrogen) atoms. The summed E-state index contributed by atoms with van der Waals surface area (Å²) in [6.07, 6.45) is -1.18. The van der Waals surface area contributed by atoms with Gasteiger partial charge in [-0.25, -0.2) is 9.59 Å². The van der Waals surface area contributed by atoms with Gasteiger partial charge in [0.15, 0.2) is 6.10 Å². The number of imide groups is 1. The minimum absolute atomic E-state index is 0.0359. The van der Waals surface area contributed by atoms with Crippen LogP contribution in [0.25, 0.3) is 0 Å². The van der Waals surface area contributed by atoms with E-state index >= 15 is 0 Å². The molecule has 0 aromatic heterocycles. The van der Waals surface area contributed by atoms with Gasteiger partial charge in [-0.2, -0.15) is 0 Å². The quantitative estimate of drug-likeness (QED) is 0.731. The van der Waals surface area contributed by atoms with Crippen LogP contribution in [0.5, 0.6) is 5.75 Å². The Kier molecular flexibility index (Phi) is 5.91. The number of aryl methyl sites for hydroxylation is 1. The number of esters is 1. The van der Waals surface area contributed by atoms with E-state index in [2.05, 4.69) is 10.6 Å². The number of phenols is 1. The molecule has 0 aliphatic heterocycles. The lowest BCUT2D eigenvalue weighted by Gasteiger charge is -2.15. The average molecular weight is 308 g/mol.